The molecule has 2 atom stereocenters. The second-order valence-corrected chi connectivity index (χ2v) is 10.4. The van der Waals surface area contributed by atoms with Gasteiger partial charge in [-0.15, -0.1) is 0 Å². The van der Waals surface area contributed by atoms with E-state index in [4.69, 9.17) is 11.6 Å². The molecule has 2 aliphatic heterocycles. The van der Waals surface area contributed by atoms with Gasteiger partial charge in [-0.05, 0) is 75.4 Å². The van der Waals surface area contributed by atoms with Gasteiger partial charge in [-0.2, -0.15) is 5.10 Å². The van der Waals surface area contributed by atoms with Crippen LogP contribution in [0.4, 0.5) is 5.69 Å². The number of para-hydroxylation sites is 1. The fourth-order valence-corrected chi connectivity index (χ4v) is 5.79. The summed E-state index contributed by atoms with van der Waals surface area (Å²) in [4.78, 5) is 18.1. The number of hydrogen-bond donors (Lipinski definition) is 1. The van der Waals surface area contributed by atoms with Gasteiger partial charge < -0.3 is 15.1 Å². The van der Waals surface area contributed by atoms with Crippen LogP contribution in [0.15, 0.2) is 48.5 Å². The number of likely N-dealkylation sites (tertiary alicyclic amines) is 2. The van der Waals surface area contributed by atoms with Crippen LogP contribution in [0.5, 0.6) is 0 Å². The topological polar surface area (TPSA) is 53.4 Å². The van der Waals surface area contributed by atoms with Crippen LogP contribution in [0, 0.1) is 32.6 Å². The largest absolute Gasteiger partial charge is 0.385 e. The molecule has 3 aromatic rings. The van der Waals surface area contributed by atoms with Gasteiger partial charge in [-0.3, -0.25) is 4.79 Å². The monoisotopic (exact) mass is 491 g/mol. The van der Waals surface area contributed by atoms with Crippen molar-refractivity contribution in [1.29, 1.82) is 0 Å². The van der Waals surface area contributed by atoms with E-state index in [1.54, 1.807) is 0 Å². The Morgan fingerprint density at radius 3 is 2.43 bits per heavy atom. The predicted octanol–water partition coefficient (Wildman–Crippen LogP) is 4.96. The fraction of sp³-hybridized carbons (Fsp3) is 0.429. The summed E-state index contributed by atoms with van der Waals surface area (Å²) in [5.41, 5.74) is 5.64. The molecule has 2 aromatic carbocycles. The predicted molar refractivity (Wildman–Crippen MR) is 142 cm³/mol. The molecule has 0 spiro atoms. The molecule has 2 unspecified atom stereocenters. The zero-order chi connectivity index (χ0) is 24.5. The van der Waals surface area contributed by atoms with Gasteiger partial charge in [-0.25, -0.2) is 4.68 Å². The van der Waals surface area contributed by atoms with E-state index in [-0.39, 0.29) is 5.91 Å². The molecular formula is C28H34ClN5O. The number of hydrogen-bond acceptors (Lipinski definition) is 4. The van der Waals surface area contributed by atoms with Crippen molar-refractivity contribution in [3.05, 3.63) is 76.1 Å². The van der Waals surface area contributed by atoms with Crippen LogP contribution in [0.1, 0.15) is 33.7 Å². The Labute approximate surface area is 212 Å². The Morgan fingerprint density at radius 2 is 1.74 bits per heavy atom. The Morgan fingerprint density at radius 1 is 1.03 bits per heavy atom. The van der Waals surface area contributed by atoms with E-state index < -0.39 is 0 Å². The molecule has 2 aliphatic rings. The van der Waals surface area contributed by atoms with E-state index in [1.807, 2.05) is 61.9 Å². The van der Waals surface area contributed by atoms with Gasteiger partial charge in [0.1, 0.15) is 0 Å². The molecule has 5 rings (SSSR count). The lowest BCUT2D eigenvalue weighted by atomic mass is 10.0. The molecule has 2 saturated heterocycles. The SMILES string of the molecule is Cc1ccc(NCCCN2CC3CN(C(=O)c4c(C)nn(-c5ccccc5)c4C)CC3C2)cc1Cl. The van der Waals surface area contributed by atoms with Crippen LogP contribution in [-0.4, -0.2) is 64.8 Å². The number of halogens is 1. The zero-order valence-corrected chi connectivity index (χ0v) is 21.6. The number of rotatable bonds is 7. The van der Waals surface area contributed by atoms with E-state index in [0.29, 0.717) is 11.8 Å². The molecule has 6 nitrogen and oxygen atoms in total. The first-order valence-corrected chi connectivity index (χ1v) is 12.9. The number of amides is 1. The smallest absolute Gasteiger partial charge is 0.257 e. The summed E-state index contributed by atoms with van der Waals surface area (Å²) in [7, 11) is 0. The van der Waals surface area contributed by atoms with E-state index in [0.717, 1.165) is 84.6 Å². The zero-order valence-electron chi connectivity index (χ0n) is 20.8. The summed E-state index contributed by atoms with van der Waals surface area (Å²) >= 11 is 6.22. The molecule has 2 fully saturated rings. The molecule has 0 aliphatic carbocycles. The van der Waals surface area contributed by atoms with Crippen molar-refractivity contribution in [3.63, 3.8) is 0 Å². The minimum atomic E-state index is 0.129. The molecule has 1 N–H and O–H groups in total. The average molecular weight is 492 g/mol. The number of carbonyl (C=O) groups excluding carboxylic acids is 1. The first-order valence-electron chi connectivity index (χ1n) is 12.5. The molecule has 1 amide bonds. The molecule has 1 aromatic heterocycles. The van der Waals surface area contributed by atoms with Crippen molar-refractivity contribution >= 4 is 23.2 Å². The molecule has 35 heavy (non-hydrogen) atoms. The highest BCUT2D eigenvalue weighted by atomic mass is 35.5. The third kappa shape index (κ3) is 4.95. The normalized spacial score (nSPS) is 19.8. The van der Waals surface area contributed by atoms with Crippen molar-refractivity contribution in [3.8, 4) is 5.69 Å². The van der Waals surface area contributed by atoms with E-state index >= 15 is 0 Å². The third-order valence-corrected chi connectivity index (χ3v) is 7.91. The number of nitrogens with one attached hydrogen (secondary N) is 1. The average Bonchev–Trinajstić information content (AvgIpc) is 3.50. The first kappa shape index (κ1) is 23.9. The molecular weight excluding hydrogens is 458 g/mol. The molecule has 0 radical (unpaired) electrons. The van der Waals surface area contributed by atoms with Crippen molar-refractivity contribution in [2.75, 3.05) is 44.6 Å². The van der Waals surface area contributed by atoms with Crippen LogP contribution >= 0.6 is 11.6 Å². The first-order chi connectivity index (χ1) is 16.9. The molecule has 3 heterocycles. The summed E-state index contributed by atoms with van der Waals surface area (Å²) in [6.07, 6.45) is 1.09. The lowest BCUT2D eigenvalue weighted by molar-refractivity contribution is 0.0772. The number of aryl methyl sites for hydroxylation is 2. The number of nitrogens with zero attached hydrogens (tertiary/aromatic N) is 4. The van der Waals surface area contributed by atoms with Crippen molar-refractivity contribution in [2.24, 2.45) is 11.8 Å². The highest BCUT2D eigenvalue weighted by molar-refractivity contribution is 6.31. The van der Waals surface area contributed by atoms with Crippen LogP contribution < -0.4 is 5.32 Å². The van der Waals surface area contributed by atoms with Crippen LogP contribution in [0.25, 0.3) is 5.69 Å². The minimum absolute atomic E-state index is 0.129. The number of carbonyl (C=O) groups is 1. The molecule has 0 saturated carbocycles. The number of aromatic nitrogens is 2. The summed E-state index contributed by atoms with van der Waals surface area (Å²) < 4.78 is 1.89. The van der Waals surface area contributed by atoms with Crippen LogP contribution in [0.2, 0.25) is 5.02 Å². The fourth-order valence-electron chi connectivity index (χ4n) is 5.61. The van der Waals surface area contributed by atoms with Gasteiger partial charge in [0.25, 0.3) is 5.91 Å². The summed E-state index contributed by atoms with van der Waals surface area (Å²) in [5, 5.41) is 8.96. The maximum atomic E-state index is 13.5. The van der Waals surface area contributed by atoms with Crippen LogP contribution in [0.3, 0.4) is 0 Å². The van der Waals surface area contributed by atoms with Gasteiger partial charge in [0.15, 0.2) is 0 Å². The lowest BCUT2D eigenvalue weighted by Gasteiger charge is -2.22. The van der Waals surface area contributed by atoms with Crippen molar-refractivity contribution < 1.29 is 4.79 Å². The van der Waals surface area contributed by atoms with Gasteiger partial charge >= 0.3 is 0 Å². The standard InChI is InChI=1S/C28H34ClN5O/c1-19-10-11-24(14-26(19)29)30-12-7-13-32-15-22-17-33(18-23(22)16-32)28(35)27-20(2)31-34(21(27)3)25-8-5-4-6-9-25/h4-6,8-11,14,22-23,30H,7,12-13,15-18H2,1-3H3. The number of fused-ring (bicyclic) bond motifs is 1. The minimum Gasteiger partial charge on any atom is -0.385 e. The van der Waals surface area contributed by atoms with Gasteiger partial charge in [-0.1, -0.05) is 35.9 Å². The Balaban J connectivity index is 1.12. The van der Waals surface area contributed by atoms with E-state index in [9.17, 15) is 4.79 Å². The molecule has 0 bridgehead atoms. The highest BCUT2D eigenvalue weighted by Gasteiger charge is 2.42. The van der Waals surface area contributed by atoms with Crippen LogP contribution in [-0.2, 0) is 0 Å². The summed E-state index contributed by atoms with van der Waals surface area (Å²) in [5.74, 6) is 1.25. The van der Waals surface area contributed by atoms with Gasteiger partial charge in [0.2, 0.25) is 0 Å². The Bertz CT molecular complexity index is 1190. The molecule has 184 valence electrons. The highest BCUT2D eigenvalue weighted by Crippen LogP contribution is 2.33. The van der Waals surface area contributed by atoms with Gasteiger partial charge in [0.05, 0.1) is 22.6 Å². The maximum Gasteiger partial charge on any atom is 0.257 e. The second kappa shape index (κ2) is 10.0. The second-order valence-electron chi connectivity index (χ2n) is 10.0. The van der Waals surface area contributed by atoms with Crippen molar-refractivity contribution in [2.45, 2.75) is 27.2 Å². The van der Waals surface area contributed by atoms with Crippen molar-refractivity contribution in [1.82, 2.24) is 19.6 Å². The van der Waals surface area contributed by atoms with E-state index in [1.165, 1.54) is 0 Å². The summed E-state index contributed by atoms with van der Waals surface area (Å²) in [6, 6.07) is 16.2. The number of anilines is 1. The summed E-state index contributed by atoms with van der Waals surface area (Å²) in [6.45, 7) is 11.8. The quantitative estimate of drug-likeness (QED) is 0.475. The maximum absolute atomic E-state index is 13.5. The third-order valence-electron chi connectivity index (χ3n) is 7.51. The lowest BCUT2D eigenvalue weighted by Crippen LogP contribution is -2.34. The van der Waals surface area contributed by atoms with Gasteiger partial charge in [0, 0.05) is 43.4 Å². The van der Waals surface area contributed by atoms with E-state index in [2.05, 4.69) is 32.3 Å². The molecule has 7 heteroatoms. The Hall–Kier alpha value is -2.83. The Kier molecular flexibility index (Phi) is 6.85. The number of benzene rings is 2.